The molecule has 1 aromatic carbocycles. The molecule has 5 heteroatoms. The topological polar surface area (TPSA) is 57.1 Å². The van der Waals surface area contributed by atoms with Crippen LogP contribution in [0.25, 0.3) is 0 Å². The molecule has 0 radical (unpaired) electrons. The van der Waals surface area contributed by atoms with Crippen LogP contribution in [-0.4, -0.2) is 42.0 Å². The predicted molar refractivity (Wildman–Crippen MR) is 76.1 cm³/mol. The van der Waals surface area contributed by atoms with Crippen molar-refractivity contribution in [3.8, 4) is 11.5 Å². The Kier molecular flexibility index (Phi) is 2.63. The lowest BCUT2D eigenvalue weighted by molar-refractivity contribution is 0.133. The highest BCUT2D eigenvalue weighted by Gasteiger charge is 2.46. The zero-order valence-electron chi connectivity index (χ0n) is 11.5. The summed E-state index contributed by atoms with van der Waals surface area (Å²) in [5, 5.41) is 14.3. The minimum atomic E-state index is 0.169. The molecule has 0 aromatic heterocycles. The first-order chi connectivity index (χ1) is 9.78. The number of hydrogen-bond acceptors (Lipinski definition) is 5. The molecule has 2 bridgehead atoms. The highest BCUT2D eigenvalue weighted by Crippen LogP contribution is 2.40. The second kappa shape index (κ2) is 4.38. The first kappa shape index (κ1) is 12.0. The van der Waals surface area contributed by atoms with Gasteiger partial charge in [0.2, 0.25) is 0 Å². The molecule has 4 aliphatic heterocycles. The molecule has 3 saturated heterocycles. The Morgan fingerprint density at radius 1 is 1.35 bits per heavy atom. The molecular weight excluding hydrogens is 254 g/mol. The van der Waals surface area contributed by atoms with E-state index in [1.807, 2.05) is 12.1 Å². The minimum absolute atomic E-state index is 0.169. The molecule has 2 unspecified atom stereocenters. The van der Waals surface area contributed by atoms with Gasteiger partial charge in [-0.1, -0.05) is 6.07 Å². The molecule has 4 aliphatic rings. The van der Waals surface area contributed by atoms with E-state index in [1.165, 1.54) is 31.6 Å². The Morgan fingerprint density at radius 2 is 2.15 bits per heavy atom. The number of ether oxygens (including phenoxy) is 1. The third-order valence-corrected chi connectivity index (χ3v) is 4.86. The van der Waals surface area contributed by atoms with Crippen molar-refractivity contribution in [2.24, 2.45) is 11.0 Å². The van der Waals surface area contributed by atoms with Crippen molar-refractivity contribution in [2.45, 2.75) is 24.9 Å². The van der Waals surface area contributed by atoms with Gasteiger partial charge < -0.3 is 15.3 Å². The molecular formula is C15H19N3O2. The van der Waals surface area contributed by atoms with Crippen molar-refractivity contribution in [3.63, 3.8) is 0 Å². The van der Waals surface area contributed by atoms with Gasteiger partial charge in [-0.25, -0.2) is 0 Å². The molecule has 106 valence electrons. The van der Waals surface area contributed by atoms with E-state index in [-0.39, 0.29) is 11.8 Å². The number of hydrogen-bond donors (Lipinski definition) is 2. The van der Waals surface area contributed by atoms with Crippen LogP contribution in [0.3, 0.4) is 0 Å². The summed E-state index contributed by atoms with van der Waals surface area (Å²) in [7, 11) is 1.58. The molecule has 5 nitrogen and oxygen atoms in total. The van der Waals surface area contributed by atoms with Crippen molar-refractivity contribution in [3.05, 3.63) is 23.8 Å². The molecule has 1 aromatic rings. The number of piperidine rings is 3. The number of hydrazone groups is 1. The first-order valence-corrected chi connectivity index (χ1v) is 7.22. The summed E-state index contributed by atoms with van der Waals surface area (Å²) in [5.41, 5.74) is 5.74. The van der Waals surface area contributed by atoms with Crippen LogP contribution < -0.4 is 10.2 Å². The van der Waals surface area contributed by atoms with Crippen LogP contribution in [0.4, 0.5) is 0 Å². The number of fused-ring (bicyclic) bond motifs is 2. The molecule has 5 rings (SSSR count). The van der Waals surface area contributed by atoms with Crippen LogP contribution in [0.5, 0.6) is 11.5 Å². The molecule has 0 spiro atoms. The lowest BCUT2D eigenvalue weighted by Crippen LogP contribution is -2.56. The maximum Gasteiger partial charge on any atom is 0.160 e. The first-order valence-electron chi connectivity index (χ1n) is 7.22. The van der Waals surface area contributed by atoms with Crippen LogP contribution in [0.1, 0.15) is 24.4 Å². The normalized spacial score (nSPS) is 34.4. The van der Waals surface area contributed by atoms with Gasteiger partial charge in [0.25, 0.3) is 0 Å². The van der Waals surface area contributed by atoms with Gasteiger partial charge >= 0.3 is 0 Å². The highest BCUT2D eigenvalue weighted by atomic mass is 16.5. The van der Waals surface area contributed by atoms with Gasteiger partial charge in [-0.05, 0) is 43.6 Å². The van der Waals surface area contributed by atoms with Gasteiger partial charge in [0.15, 0.2) is 11.5 Å². The molecule has 3 fully saturated rings. The summed E-state index contributed by atoms with van der Waals surface area (Å²) in [6.07, 6.45) is 2.48. The van der Waals surface area contributed by atoms with E-state index < -0.39 is 0 Å². The maximum atomic E-state index is 9.73. The SMILES string of the molecule is COc1cc(C2NN=C3C4CCN(CC4)C32)ccc1O. The van der Waals surface area contributed by atoms with E-state index in [4.69, 9.17) is 4.74 Å². The van der Waals surface area contributed by atoms with Crippen molar-refractivity contribution < 1.29 is 9.84 Å². The highest BCUT2D eigenvalue weighted by molar-refractivity contribution is 5.95. The fourth-order valence-corrected chi connectivity index (χ4v) is 3.80. The largest absolute Gasteiger partial charge is 0.504 e. The van der Waals surface area contributed by atoms with E-state index >= 15 is 0 Å². The second-order valence-corrected chi connectivity index (χ2v) is 5.83. The zero-order chi connectivity index (χ0) is 13.7. The Labute approximate surface area is 118 Å². The quantitative estimate of drug-likeness (QED) is 0.857. The smallest absolute Gasteiger partial charge is 0.160 e. The van der Waals surface area contributed by atoms with Crippen LogP contribution in [0.15, 0.2) is 23.3 Å². The fourth-order valence-electron chi connectivity index (χ4n) is 3.80. The van der Waals surface area contributed by atoms with E-state index in [9.17, 15) is 5.11 Å². The van der Waals surface area contributed by atoms with Gasteiger partial charge in [-0.2, -0.15) is 5.10 Å². The number of rotatable bonds is 2. The summed E-state index contributed by atoms with van der Waals surface area (Å²) < 4.78 is 5.21. The average molecular weight is 273 g/mol. The summed E-state index contributed by atoms with van der Waals surface area (Å²) >= 11 is 0. The lowest BCUT2D eigenvalue weighted by Gasteiger charge is -2.45. The van der Waals surface area contributed by atoms with E-state index in [1.54, 1.807) is 13.2 Å². The number of nitrogens with one attached hydrogen (secondary N) is 1. The Hall–Kier alpha value is -1.75. The molecule has 0 aliphatic carbocycles. The number of benzene rings is 1. The van der Waals surface area contributed by atoms with Crippen molar-refractivity contribution in [1.82, 2.24) is 10.3 Å². The van der Waals surface area contributed by atoms with Gasteiger partial charge in [0, 0.05) is 5.92 Å². The summed E-state index contributed by atoms with van der Waals surface area (Å²) in [6, 6.07) is 6.11. The standard InChI is InChI=1S/C15H19N3O2/c1-20-12-8-10(2-3-11(12)19)14-15-13(16-17-14)9-4-6-18(15)7-5-9/h2-3,8-9,14-15,17,19H,4-7H2,1H3. The molecule has 0 saturated carbocycles. The van der Waals surface area contributed by atoms with Crippen LogP contribution in [-0.2, 0) is 0 Å². The minimum Gasteiger partial charge on any atom is -0.504 e. The van der Waals surface area contributed by atoms with Gasteiger partial charge in [0.05, 0.1) is 24.9 Å². The van der Waals surface area contributed by atoms with E-state index in [2.05, 4.69) is 15.4 Å². The Balaban J connectivity index is 1.67. The summed E-state index contributed by atoms with van der Waals surface area (Å²) in [5.74, 6) is 1.36. The van der Waals surface area contributed by atoms with Crippen LogP contribution in [0.2, 0.25) is 0 Å². The predicted octanol–water partition coefficient (Wildman–Crippen LogP) is 1.50. The summed E-state index contributed by atoms with van der Waals surface area (Å²) in [4.78, 5) is 2.53. The van der Waals surface area contributed by atoms with Crippen molar-refractivity contribution >= 4 is 5.71 Å². The second-order valence-electron chi connectivity index (χ2n) is 5.83. The Bertz CT molecular complexity index is 564. The maximum absolute atomic E-state index is 9.73. The van der Waals surface area contributed by atoms with Gasteiger partial charge in [-0.3, -0.25) is 4.90 Å². The summed E-state index contributed by atoms with van der Waals surface area (Å²) in [6.45, 7) is 2.34. The number of phenolic OH excluding ortho intramolecular Hbond substituents is 1. The van der Waals surface area contributed by atoms with E-state index in [0.29, 0.717) is 17.7 Å². The third kappa shape index (κ3) is 1.62. The number of aromatic hydroxyl groups is 1. The molecule has 4 heterocycles. The molecule has 2 atom stereocenters. The molecule has 2 N–H and O–H groups in total. The van der Waals surface area contributed by atoms with Crippen molar-refractivity contribution in [1.29, 1.82) is 0 Å². The van der Waals surface area contributed by atoms with Gasteiger partial charge in [-0.15, -0.1) is 0 Å². The Morgan fingerprint density at radius 3 is 2.90 bits per heavy atom. The van der Waals surface area contributed by atoms with Gasteiger partial charge in [0.1, 0.15) is 0 Å². The molecule has 20 heavy (non-hydrogen) atoms. The van der Waals surface area contributed by atoms with Crippen LogP contribution >= 0.6 is 0 Å². The monoisotopic (exact) mass is 273 g/mol. The van der Waals surface area contributed by atoms with Crippen LogP contribution in [0, 0.1) is 5.92 Å². The third-order valence-electron chi connectivity index (χ3n) is 4.86. The average Bonchev–Trinajstić information content (AvgIpc) is 2.96. The fraction of sp³-hybridized carbons (Fsp3) is 0.533. The van der Waals surface area contributed by atoms with Crippen molar-refractivity contribution in [2.75, 3.05) is 20.2 Å². The number of nitrogens with zero attached hydrogens (tertiary/aromatic N) is 2. The zero-order valence-corrected chi connectivity index (χ0v) is 11.5. The lowest BCUT2D eigenvalue weighted by atomic mass is 9.78. The molecule has 0 amide bonds. The number of phenols is 1. The number of methoxy groups -OCH3 is 1. The van der Waals surface area contributed by atoms with E-state index in [0.717, 1.165) is 5.56 Å².